The Hall–Kier alpha value is -1.56. The van der Waals surface area contributed by atoms with E-state index in [1.165, 1.54) is 0 Å². The fraction of sp³-hybridized carbons (Fsp3) is 0.300. The molecule has 0 unspecified atom stereocenters. The van der Waals surface area contributed by atoms with Gasteiger partial charge in [0.25, 0.3) is 0 Å². The van der Waals surface area contributed by atoms with Crippen molar-refractivity contribution in [2.24, 2.45) is 7.05 Å². The van der Waals surface area contributed by atoms with Crippen molar-refractivity contribution in [1.82, 2.24) is 19.7 Å². The van der Waals surface area contributed by atoms with Crippen LogP contribution in [0, 0.1) is 6.92 Å². The summed E-state index contributed by atoms with van der Waals surface area (Å²) in [6.07, 6.45) is 5.36. The molecule has 1 N–H and O–H groups in total. The molecule has 16 heavy (non-hydrogen) atoms. The molecule has 0 fully saturated rings. The van der Waals surface area contributed by atoms with Crippen molar-refractivity contribution < 1.29 is 0 Å². The lowest BCUT2D eigenvalue weighted by Gasteiger charge is -2.06. The van der Waals surface area contributed by atoms with Crippen molar-refractivity contribution >= 4 is 17.6 Å². The molecule has 0 aliphatic carbocycles. The van der Waals surface area contributed by atoms with Crippen LogP contribution in [-0.2, 0) is 7.05 Å². The van der Waals surface area contributed by atoms with E-state index in [0.29, 0.717) is 0 Å². The lowest BCUT2D eigenvalue weighted by molar-refractivity contribution is 0.766. The van der Waals surface area contributed by atoms with Crippen LogP contribution in [0.5, 0.6) is 0 Å². The zero-order valence-electron chi connectivity index (χ0n) is 9.43. The lowest BCUT2D eigenvalue weighted by Crippen LogP contribution is -1.98. The van der Waals surface area contributed by atoms with E-state index in [1.54, 1.807) is 22.8 Å². The number of anilines is 1. The Bertz CT molecular complexity index is 494. The number of aromatic nitrogens is 4. The Balaban J connectivity index is 2.28. The molecule has 0 atom stereocenters. The first-order valence-electron chi connectivity index (χ1n) is 4.86. The van der Waals surface area contributed by atoms with Gasteiger partial charge in [-0.05, 0) is 6.92 Å². The summed E-state index contributed by atoms with van der Waals surface area (Å²) in [5, 5.41) is 8.11. The quantitative estimate of drug-likeness (QED) is 0.821. The SMILES string of the molecule is CNc1ncnc(Sc2cnn(C)c2)c1C. The maximum absolute atomic E-state index is 4.27. The summed E-state index contributed by atoms with van der Waals surface area (Å²) in [5.74, 6) is 0.862. The molecule has 0 bridgehead atoms. The highest BCUT2D eigenvalue weighted by molar-refractivity contribution is 7.99. The maximum atomic E-state index is 4.27. The number of rotatable bonds is 3. The van der Waals surface area contributed by atoms with Gasteiger partial charge in [0, 0.05) is 25.9 Å². The van der Waals surface area contributed by atoms with Gasteiger partial charge in [-0.25, -0.2) is 9.97 Å². The van der Waals surface area contributed by atoms with Crippen LogP contribution in [0.4, 0.5) is 5.82 Å². The molecule has 84 valence electrons. The number of hydrogen-bond donors (Lipinski definition) is 1. The number of hydrogen-bond acceptors (Lipinski definition) is 5. The van der Waals surface area contributed by atoms with Gasteiger partial charge < -0.3 is 5.32 Å². The zero-order valence-corrected chi connectivity index (χ0v) is 10.2. The van der Waals surface area contributed by atoms with Crippen LogP contribution in [-0.4, -0.2) is 26.8 Å². The number of nitrogens with zero attached hydrogens (tertiary/aromatic N) is 4. The Kier molecular flexibility index (Phi) is 3.09. The van der Waals surface area contributed by atoms with Crippen LogP contribution in [0.25, 0.3) is 0 Å². The third-order valence-corrected chi connectivity index (χ3v) is 3.22. The van der Waals surface area contributed by atoms with Crippen molar-refractivity contribution in [1.29, 1.82) is 0 Å². The summed E-state index contributed by atoms with van der Waals surface area (Å²) < 4.78 is 1.78. The molecule has 2 aromatic rings. The fourth-order valence-corrected chi connectivity index (χ4v) is 2.23. The predicted octanol–water partition coefficient (Wildman–Crippen LogP) is 1.71. The maximum Gasteiger partial charge on any atom is 0.133 e. The van der Waals surface area contributed by atoms with Crippen LogP contribution in [0.15, 0.2) is 28.6 Å². The summed E-state index contributed by atoms with van der Waals surface area (Å²) >= 11 is 1.59. The molecule has 6 heteroatoms. The molecule has 0 saturated carbocycles. The molecular formula is C10H13N5S. The average molecular weight is 235 g/mol. The number of nitrogens with one attached hydrogen (secondary N) is 1. The highest BCUT2D eigenvalue weighted by atomic mass is 32.2. The van der Waals surface area contributed by atoms with Gasteiger partial charge in [0.15, 0.2) is 0 Å². The molecule has 2 aromatic heterocycles. The summed E-state index contributed by atoms with van der Waals surface area (Å²) in [7, 11) is 3.75. The first-order valence-corrected chi connectivity index (χ1v) is 5.68. The first kappa shape index (κ1) is 10.9. The van der Waals surface area contributed by atoms with Gasteiger partial charge in [-0.2, -0.15) is 5.10 Å². The molecule has 0 spiro atoms. The van der Waals surface area contributed by atoms with Gasteiger partial charge in [-0.3, -0.25) is 4.68 Å². The van der Waals surface area contributed by atoms with Gasteiger partial charge >= 0.3 is 0 Å². The van der Waals surface area contributed by atoms with Crippen LogP contribution >= 0.6 is 11.8 Å². The second-order valence-corrected chi connectivity index (χ2v) is 4.42. The second kappa shape index (κ2) is 4.52. The van der Waals surface area contributed by atoms with Crippen LogP contribution in [0.2, 0.25) is 0 Å². The predicted molar refractivity (Wildman–Crippen MR) is 63.6 cm³/mol. The largest absolute Gasteiger partial charge is 0.373 e. The minimum Gasteiger partial charge on any atom is -0.373 e. The third-order valence-electron chi connectivity index (χ3n) is 2.17. The van der Waals surface area contributed by atoms with E-state index < -0.39 is 0 Å². The Morgan fingerprint density at radius 1 is 1.38 bits per heavy atom. The van der Waals surface area contributed by atoms with Gasteiger partial charge in [-0.1, -0.05) is 11.8 Å². The van der Waals surface area contributed by atoms with Crippen molar-refractivity contribution in [3.05, 3.63) is 24.3 Å². The van der Waals surface area contributed by atoms with Crippen molar-refractivity contribution in [2.75, 3.05) is 12.4 Å². The molecule has 0 aliphatic heterocycles. The van der Waals surface area contributed by atoms with E-state index in [1.807, 2.05) is 33.4 Å². The summed E-state index contributed by atoms with van der Waals surface area (Å²) in [6.45, 7) is 2.00. The molecule has 0 aromatic carbocycles. The minimum atomic E-state index is 0.862. The standard InChI is InChI=1S/C10H13N5S/c1-7-9(11-2)12-6-13-10(7)16-8-4-14-15(3)5-8/h4-6H,1-3H3,(H,11,12,13). The molecule has 0 radical (unpaired) electrons. The third kappa shape index (κ3) is 2.16. The highest BCUT2D eigenvalue weighted by Crippen LogP contribution is 2.29. The molecular weight excluding hydrogens is 222 g/mol. The van der Waals surface area contributed by atoms with Crippen LogP contribution in [0.1, 0.15) is 5.56 Å². The Labute approximate surface area is 98.3 Å². The van der Waals surface area contributed by atoms with Gasteiger partial charge in [0.05, 0.1) is 11.1 Å². The summed E-state index contributed by atoms with van der Waals surface area (Å²) in [4.78, 5) is 9.49. The van der Waals surface area contributed by atoms with E-state index in [4.69, 9.17) is 0 Å². The second-order valence-electron chi connectivity index (χ2n) is 3.35. The zero-order chi connectivity index (χ0) is 11.5. The monoisotopic (exact) mass is 235 g/mol. The van der Waals surface area contributed by atoms with Crippen molar-refractivity contribution in [3.63, 3.8) is 0 Å². The van der Waals surface area contributed by atoms with E-state index in [-0.39, 0.29) is 0 Å². The molecule has 0 aliphatic rings. The van der Waals surface area contributed by atoms with E-state index in [2.05, 4.69) is 20.4 Å². The van der Waals surface area contributed by atoms with E-state index in [9.17, 15) is 0 Å². The average Bonchev–Trinajstić information content (AvgIpc) is 2.67. The van der Waals surface area contributed by atoms with Crippen LogP contribution in [0.3, 0.4) is 0 Å². The minimum absolute atomic E-state index is 0.862. The summed E-state index contributed by atoms with van der Waals surface area (Å²) in [5.41, 5.74) is 1.05. The topological polar surface area (TPSA) is 55.6 Å². The Morgan fingerprint density at radius 2 is 2.19 bits per heavy atom. The molecule has 0 saturated heterocycles. The lowest BCUT2D eigenvalue weighted by atomic mass is 10.3. The smallest absolute Gasteiger partial charge is 0.133 e. The van der Waals surface area contributed by atoms with Gasteiger partial charge in [0.2, 0.25) is 0 Å². The summed E-state index contributed by atoms with van der Waals surface area (Å²) in [6, 6.07) is 0. The number of aryl methyl sites for hydroxylation is 1. The Morgan fingerprint density at radius 3 is 2.81 bits per heavy atom. The molecule has 2 rings (SSSR count). The normalized spacial score (nSPS) is 10.4. The highest BCUT2D eigenvalue weighted by Gasteiger charge is 2.08. The fourth-order valence-electron chi connectivity index (χ4n) is 1.35. The molecule has 0 amide bonds. The van der Waals surface area contributed by atoms with E-state index >= 15 is 0 Å². The first-order chi connectivity index (χ1) is 7.70. The van der Waals surface area contributed by atoms with Crippen LogP contribution < -0.4 is 5.32 Å². The molecule has 5 nitrogen and oxygen atoms in total. The van der Waals surface area contributed by atoms with Gasteiger partial charge in [-0.15, -0.1) is 0 Å². The van der Waals surface area contributed by atoms with Crippen molar-refractivity contribution in [3.8, 4) is 0 Å². The van der Waals surface area contributed by atoms with Gasteiger partial charge in [0.1, 0.15) is 17.2 Å². The van der Waals surface area contributed by atoms with E-state index in [0.717, 1.165) is 21.3 Å². The van der Waals surface area contributed by atoms with Crippen molar-refractivity contribution in [2.45, 2.75) is 16.8 Å². The molecule has 2 heterocycles.